The number of likely N-dealkylation sites (tertiary alicyclic amines) is 1. The summed E-state index contributed by atoms with van der Waals surface area (Å²) < 4.78 is 27.4. The van der Waals surface area contributed by atoms with Crippen LogP contribution in [0.2, 0.25) is 0 Å². The standard InChI is InChI=1S/C28H39N3O3S/c32-28(29-21-25-14-5-6-15-26(25)22-30-17-7-2-8-18-30)27-16-9-19-31(23-27)35(33,34)20-10-13-24-11-3-1-4-12-24/h1,3-6,11-12,14-15,27H,2,7-10,13,16-23H2,(H,29,32)/t27-/m0/s1. The van der Waals surface area contributed by atoms with Crippen LogP contribution in [0.4, 0.5) is 0 Å². The maximum Gasteiger partial charge on any atom is 0.224 e. The third kappa shape index (κ3) is 7.63. The van der Waals surface area contributed by atoms with Crippen molar-refractivity contribution in [2.75, 3.05) is 31.9 Å². The van der Waals surface area contributed by atoms with Gasteiger partial charge in [0.2, 0.25) is 15.9 Å². The van der Waals surface area contributed by atoms with Gasteiger partial charge in [0.1, 0.15) is 0 Å². The smallest absolute Gasteiger partial charge is 0.224 e. The molecule has 2 aliphatic rings. The summed E-state index contributed by atoms with van der Waals surface area (Å²) in [5, 5.41) is 3.10. The molecule has 1 N–H and O–H groups in total. The minimum absolute atomic E-state index is 0.0399. The second-order valence-electron chi connectivity index (χ2n) is 9.93. The molecule has 2 aromatic rings. The summed E-state index contributed by atoms with van der Waals surface area (Å²) >= 11 is 0. The summed E-state index contributed by atoms with van der Waals surface area (Å²) in [7, 11) is -3.36. The minimum Gasteiger partial charge on any atom is -0.352 e. The first-order chi connectivity index (χ1) is 17.0. The Kier molecular flexibility index (Phi) is 9.35. The number of amides is 1. The normalized spacial score (nSPS) is 19.9. The maximum atomic E-state index is 13.0. The number of rotatable bonds is 10. The minimum atomic E-state index is -3.36. The van der Waals surface area contributed by atoms with Crippen LogP contribution in [0.5, 0.6) is 0 Å². The van der Waals surface area contributed by atoms with Gasteiger partial charge in [0.05, 0.1) is 11.7 Å². The predicted octanol–water partition coefficient (Wildman–Crippen LogP) is 3.96. The molecule has 7 heteroatoms. The van der Waals surface area contributed by atoms with E-state index in [0.717, 1.165) is 50.0 Å². The molecule has 2 aliphatic heterocycles. The molecule has 0 saturated carbocycles. The molecule has 0 aromatic heterocycles. The highest BCUT2D eigenvalue weighted by atomic mass is 32.2. The summed E-state index contributed by atoms with van der Waals surface area (Å²) in [6.07, 6.45) is 6.62. The SMILES string of the molecule is O=C(NCc1ccccc1CN1CCCCC1)[C@H]1CCCN(S(=O)(=O)CCCc2ccccc2)C1. The van der Waals surface area contributed by atoms with Gasteiger partial charge in [-0.3, -0.25) is 9.69 Å². The van der Waals surface area contributed by atoms with E-state index in [9.17, 15) is 13.2 Å². The number of carbonyl (C=O) groups excluding carboxylic acids is 1. The van der Waals surface area contributed by atoms with E-state index >= 15 is 0 Å². The van der Waals surface area contributed by atoms with Crippen molar-refractivity contribution >= 4 is 15.9 Å². The van der Waals surface area contributed by atoms with E-state index in [-0.39, 0.29) is 24.1 Å². The van der Waals surface area contributed by atoms with Crippen molar-refractivity contribution in [3.05, 3.63) is 71.3 Å². The number of hydrogen-bond donors (Lipinski definition) is 1. The molecule has 0 aliphatic carbocycles. The molecular weight excluding hydrogens is 458 g/mol. The number of sulfonamides is 1. The van der Waals surface area contributed by atoms with Crippen LogP contribution in [0.3, 0.4) is 0 Å². The molecule has 2 heterocycles. The second-order valence-corrected chi connectivity index (χ2v) is 12.0. The highest BCUT2D eigenvalue weighted by molar-refractivity contribution is 7.89. The van der Waals surface area contributed by atoms with Crippen molar-refractivity contribution < 1.29 is 13.2 Å². The van der Waals surface area contributed by atoms with Crippen molar-refractivity contribution in [2.45, 2.75) is 58.0 Å². The van der Waals surface area contributed by atoms with Crippen LogP contribution < -0.4 is 5.32 Å². The molecule has 6 nitrogen and oxygen atoms in total. The van der Waals surface area contributed by atoms with Gasteiger partial charge in [0.25, 0.3) is 0 Å². The zero-order valence-corrected chi connectivity index (χ0v) is 21.5. The molecule has 0 spiro atoms. The maximum absolute atomic E-state index is 13.0. The average Bonchev–Trinajstić information content (AvgIpc) is 2.89. The quantitative estimate of drug-likeness (QED) is 0.539. The van der Waals surface area contributed by atoms with Crippen LogP contribution in [0.25, 0.3) is 0 Å². The van der Waals surface area contributed by atoms with Crippen LogP contribution in [0, 0.1) is 5.92 Å². The molecule has 0 radical (unpaired) electrons. The van der Waals surface area contributed by atoms with Crippen LogP contribution >= 0.6 is 0 Å². The lowest BCUT2D eigenvalue weighted by atomic mass is 9.98. The van der Waals surface area contributed by atoms with Crippen molar-refractivity contribution in [1.29, 1.82) is 0 Å². The number of nitrogens with one attached hydrogen (secondary N) is 1. The van der Waals surface area contributed by atoms with E-state index in [0.29, 0.717) is 19.5 Å². The van der Waals surface area contributed by atoms with E-state index < -0.39 is 10.0 Å². The highest BCUT2D eigenvalue weighted by Gasteiger charge is 2.32. The molecule has 35 heavy (non-hydrogen) atoms. The Morgan fingerprint density at radius 2 is 1.60 bits per heavy atom. The number of nitrogens with zero attached hydrogens (tertiary/aromatic N) is 2. The fourth-order valence-corrected chi connectivity index (χ4v) is 6.79. The molecule has 1 atom stereocenters. The molecule has 0 bridgehead atoms. The first-order valence-electron chi connectivity index (χ1n) is 13.1. The van der Waals surface area contributed by atoms with Crippen molar-refractivity contribution in [3.8, 4) is 0 Å². The Morgan fingerprint density at radius 1 is 0.886 bits per heavy atom. The monoisotopic (exact) mass is 497 g/mol. The lowest BCUT2D eigenvalue weighted by Gasteiger charge is -2.31. The Hall–Kier alpha value is -2.22. The fourth-order valence-electron chi connectivity index (χ4n) is 5.21. The van der Waals surface area contributed by atoms with Gasteiger partial charge >= 0.3 is 0 Å². The molecule has 190 valence electrons. The van der Waals surface area contributed by atoms with Gasteiger partial charge in [-0.2, -0.15) is 0 Å². The van der Waals surface area contributed by atoms with Crippen molar-refractivity contribution in [2.24, 2.45) is 5.92 Å². The summed E-state index contributed by atoms with van der Waals surface area (Å²) in [6.45, 7) is 4.48. The Balaban J connectivity index is 1.27. The zero-order valence-electron chi connectivity index (χ0n) is 20.7. The van der Waals surface area contributed by atoms with E-state index in [4.69, 9.17) is 0 Å². The highest BCUT2D eigenvalue weighted by Crippen LogP contribution is 2.21. The fraction of sp³-hybridized carbons (Fsp3) is 0.536. The van der Waals surface area contributed by atoms with Gasteiger partial charge in [-0.1, -0.05) is 61.0 Å². The first kappa shape index (κ1) is 25.9. The van der Waals surface area contributed by atoms with E-state index in [1.807, 2.05) is 36.4 Å². The molecule has 2 fully saturated rings. The molecule has 2 aromatic carbocycles. The van der Waals surface area contributed by atoms with Gasteiger partial charge in [-0.15, -0.1) is 0 Å². The molecule has 4 rings (SSSR count). The third-order valence-electron chi connectivity index (χ3n) is 7.27. The summed E-state index contributed by atoms with van der Waals surface area (Å²) in [5.74, 6) is -0.205. The van der Waals surface area contributed by atoms with Crippen molar-refractivity contribution in [1.82, 2.24) is 14.5 Å². The van der Waals surface area contributed by atoms with E-state index in [1.165, 1.54) is 29.1 Å². The van der Waals surface area contributed by atoms with Crippen LogP contribution in [0.15, 0.2) is 54.6 Å². The number of hydrogen-bond acceptors (Lipinski definition) is 4. The van der Waals surface area contributed by atoms with E-state index in [1.54, 1.807) is 0 Å². The zero-order chi connectivity index (χ0) is 24.5. The summed E-state index contributed by atoms with van der Waals surface area (Å²) in [4.78, 5) is 15.5. The van der Waals surface area contributed by atoms with E-state index in [2.05, 4.69) is 28.4 Å². The van der Waals surface area contributed by atoms with Crippen LogP contribution in [0.1, 0.15) is 55.2 Å². The number of benzene rings is 2. The molecule has 2 saturated heterocycles. The van der Waals surface area contributed by atoms with Gasteiger partial charge in [0, 0.05) is 26.2 Å². The van der Waals surface area contributed by atoms with Gasteiger partial charge in [0.15, 0.2) is 0 Å². The predicted molar refractivity (Wildman–Crippen MR) is 140 cm³/mol. The van der Waals surface area contributed by atoms with Crippen molar-refractivity contribution in [3.63, 3.8) is 0 Å². The number of carbonyl (C=O) groups is 1. The number of aryl methyl sites for hydroxylation is 1. The Morgan fingerprint density at radius 3 is 2.37 bits per heavy atom. The number of piperidine rings is 2. The van der Waals surface area contributed by atoms with Gasteiger partial charge in [-0.25, -0.2) is 12.7 Å². The molecule has 0 unspecified atom stereocenters. The Labute approximate surface area is 210 Å². The van der Waals surface area contributed by atoms with Crippen LogP contribution in [-0.2, 0) is 34.3 Å². The lowest BCUT2D eigenvalue weighted by Crippen LogP contribution is -2.46. The molecular formula is C28H39N3O3S. The second kappa shape index (κ2) is 12.7. The topological polar surface area (TPSA) is 69.7 Å². The van der Waals surface area contributed by atoms with Gasteiger partial charge in [-0.05, 0) is 68.3 Å². The summed E-state index contributed by atoms with van der Waals surface area (Å²) in [6, 6.07) is 18.3. The first-order valence-corrected chi connectivity index (χ1v) is 14.7. The average molecular weight is 498 g/mol. The van der Waals surface area contributed by atoms with Gasteiger partial charge < -0.3 is 5.32 Å². The largest absolute Gasteiger partial charge is 0.352 e. The summed E-state index contributed by atoms with van der Waals surface area (Å²) in [5.41, 5.74) is 3.56. The Bertz CT molecular complexity index is 1050. The molecule has 1 amide bonds. The van der Waals surface area contributed by atoms with Crippen LogP contribution in [-0.4, -0.2) is 55.5 Å². The third-order valence-corrected chi connectivity index (χ3v) is 9.20. The lowest BCUT2D eigenvalue weighted by molar-refractivity contribution is -0.126.